The second-order valence-corrected chi connectivity index (χ2v) is 8.14. The van der Waals surface area contributed by atoms with Gasteiger partial charge in [-0.05, 0) is 49.5 Å². The van der Waals surface area contributed by atoms with Crippen molar-refractivity contribution in [1.82, 2.24) is 10.2 Å². The van der Waals surface area contributed by atoms with Crippen LogP contribution < -0.4 is 5.32 Å². The molecule has 20 heavy (non-hydrogen) atoms. The van der Waals surface area contributed by atoms with Gasteiger partial charge in [0.25, 0.3) is 0 Å². The zero-order chi connectivity index (χ0) is 13.9. The van der Waals surface area contributed by atoms with E-state index < -0.39 is 0 Å². The van der Waals surface area contributed by atoms with Crippen LogP contribution in [0.5, 0.6) is 0 Å². The van der Waals surface area contributed by atoms with Crippen molar-refractivity contribution in [2.24, 2.45) is 5.92 Å². The summed E-state index contributed by atoms with van der Waals surface area (Å²) < 4.78 is 0.865. The fourth-order valence-corrected chi connectivity index (χ4v) is 4.81. The van der Waals surface area contributed by atoms with E-state index in [1.54, 1.807) is 11.3 Å². The van der Waals surface area contributed by atoms with Gasteiger partial charge < -0.3 is 10.2 Å². The highest BCUT2D eigenvalue weighted by molar-refractivity contribution is 7.16. The third kappa shape index (κ3) is 3.43. The first-order valence-electron chi connectivity index (χ1n) is 6.93. The molecule has 0 aromatic carbocycles. The van der Waals surface area contributed by atoms with Gasteiger partial charge in [-0.25, -0.2) is 0 Å². The Labute approximate surface area is 133 Å². The van der Waals surface area contributed by atoms with E-state index in [0.717, 1.165) is 16.8 Å². The molecular weight excluding hydrogens is 308 g/mol. The van der Waals surface area contributed by atoms with Crippen LogP contribution in [0.1, 0.15) is 22.2 Å². The number of halogens is 1. The van der Waals surface area contributed by atoms with Crippen LogP contribution in [0.2, 0.25) is 4.34 Å². The van der Waals surface area contributed by atoms with Gasteiger partial charge in [0.1, 0.15) is 0 Å². The van der Waals surface area contributed by atoms with Crippen LogP contribution >= 0.6 is 34.3 Å². The van der Waals surface area contributed by atoms with E-state index in [1.165, 1.54) is 29.3 Å². The van der Waals surface area contributed by atoms with Gasteiger partial charge in [-0.2, -0.15) is 0 Å². The van der Waals surface area contributed by atoms with Gasteiger partial charge in [0.15, 0.2) is 0 Å². The lowest BCUT2D eigenvalue weighted by Crippen LogP contribution is -2.28. The van der Waals surface area contributed by atoms with E-state index in [0.29, 0.717) is 6.04 Å². The van der Waals surface area contributed by atoms with Gasteiger partial charge in [0, 0.05) is 22.8 Å². The molecule has 0 bridgehead atoms. The fourth-order valence-electron chi connectivity index (χ4n) is 2.76. The molecular formula is C15H19ClN2S2. The summed E-state index contributed by atoms with van der Waals surface area (Å²) in [5.41, 5.74) is 0. The summed E-state index contributed by atoms with van der Waals surface area (Å²) >= 11 is 9.58. The van der Waals surface area contributed by atoms with E-state index in [-0.39, 0.29) is 0 Å². The number of hydrogen-bond donors (Lipinski definition) is 1. The Bertz CT molecular complexity index is 538. The van der Waals surface area contributed by atoms with Gasteiger partial charge in [-0.1, -0.05) is 17.7 Å². The SMILES string of the molecule is CN1CCC(CNC(c2cccs2)c2ccc(Cl)s2)C1. The molecule has 0 amide bonds. The second-order valence-electron chi connectivity index (χ2n) is 5.42. The zero-order valence-electron chi connectivity index (χ0n) is 11.5. The zero-order valence-corrected chi connectivity index (χ0v) is 13.9. The van der Waals surface area contributed by atoms with Gasteiger partial charge in [-0.15, -0.1) is 22.7 Å². The molecule has 2 aromatic heterocycles. The molecule has 1 aliphatic heterocycles. The smallest absolute Gasteiger partial charge is 0.0931 e. The third-order valence-electron chi connectivity index (χ3n) is 3.81. The molecule has 1 saturated heterocycles. The van der Waals surface area contributed by atoms with Crippen molar-refractivity contribution in [3.63, 3.8) is 0 Å². The van der Waals surface area contributed by atoms with Crippen LogP contribution in [0.25, 0.3) is 0 Å². The van der Waals surface area contributed by atoms with Crippen LogP contribution in [-0.2, 0) is 0 Å². The Balaban J connectivity index is 1.70. The molecule has 108 valence electrons. The Morgan fingerprint density at radius 3 is 2.90 bits per heavy atom. The highest BCUT2D eigenvalue weighted by Gasteiger charge is 2.22. The van der Waals surface area contributed by atoms with Crippen molar-refractivity contribution in [2.75, 3.05) is 26.7 Å². The summed E-state index contributed by atoms with van der Waals surface area (Å²) in [6.07, 6.45) is 1.30. The lowest BCUT2D eigenvalue weighted by atomic mass is 10.1. The maximum Gasteiger partial charge on any atom is 0.0931 e. The number of thiophene rings is 2. The molecule has 3 rings (SSSR count). The van der Waals surface area contributed by atoms with Crippen LogP contribution in [0.3, 0.4) is 0 Å². The Morgan fingerprint density at radius 2 is 2.30 bits per heavy atom. The molecule has 2 atom stereocenters. The predicted molar refractivity (Wildman–Crippen MR) is 89.1 cm³/mol. The highest BCUT2D eigenvalue weighted by atomic mass is 35.5. The second kappa shape index (κ2) is 6.58. The maximum absolute atomic E-state index is 6.10. The quantitative estimate of drug-likeness (QED) is 0.890. The molecule has 1 N–H and O–H groups in total. The first-order valence-corrected chi connectivity index (χ1v) is 9.00. The number of nitrogens with one attached hydrogen (secondary N) is 1. The van der Waals surface area contributed by atoms with E-state index in [2.05, 4.69) is 40.8 Å². The van der Waals surface area contributed by atoms with Gasteiger partial charge in [0.2, 0.25) is 0 Å². The first kappa shape index (κ1) is 14.5. The first-order chi connectivity index (χ1) is 9.72. The van der Waals surface area contributed by atoms with Gasteiger partial charge in [0.05, 0.1) is 10.4 Å². The van der Waals surface area contributed by atoms with E-state index >= 15 is 0 Å². The molecule has 2 aromatic rings. The van der Waals surface area contributed by atoms with E-state index in [4.69, 9.17) is 11.6 Å². The molecule has 0 saturated carbocycles. The average Bonchev–Trinajstić information content (AvgIpc) is 3.13. The van der Waals surface area contributed by atoms with Crippen LogP contribution in [0.4, 0.5) is 0 Å². The number of likely N-dealkylation sites (tertiary alicyclic amines) is 1. The molecule has 2 nitrogen and oxygen atoms in total. The minimum Gasteiger partial charge on any atom is -0.306 e. The standard InChI is InChI=1S/C15H19ClN2S2/c1-18-7-6-11(10-18)9-17-15(12-3-2-8-19-12)13-4-5-14(16)20-13/h2-5,8,11,15,17H,6-7,9-10H2,1H3. The molecule has 5 heteroatoms. The van der Waals surface area contributed by atoms with Crippen LogP contribution in [0, 0.1) is 5.92 Å². The van der Waals surface area contributed by atoms with Crippen molar-refractivity contribution < 1.29 is 0 Å². The summed E-state index contributed by atoms with van der Waals surface area (Å²) in [4.78, 5) is 5.09. The predicted octanol–water partition coefficient (Wildman–Crippen LogP) is 4.09. The van der Waals surface area contributed by atoms with Gasteiger partial charge in [-0.3, -0.25) is 0 Å². The van der Waals surface area contributed by atoms with Crippen LogP contribution in [-0.4, -0.2) is 31.6 Å². The normalized spacial score (nSPS) is 21.4. The van der Waals surface area contributed by atoms with Crippen LogP contribution in [0.15, 0.2) is 29.6 Å². The number of rotatable bonds is 5. The van der Waals surface area contributed by atoms with Crippen molar-refractivity contribution in [3.8, 4) is 0 Å². The maximum atomic E-state index is 6.10. The fraction of sp³-hybridized carbons (Fsp3) is 0.467. The van der Waals surface area contributed by atoms with Gasteiger partial charge >= 0.3 is 0 Å². The van der Waals surface area contributed by atoms with E-state index in [9.17, 15) is 0 Å². The van der Waals surface area contributed by atoms with Crippen molar-refractivity contribution in [3.05, 3.63) is 43.7 Å². The van der Waals surface area contributed by atoms with Crippen molar-refractivity contribution in [1.29, 1.82) is 0 Å². The Kier molecular flexibility index (Phi) is 4.79. The minimum absolute atomic E-state index is 0.290. The molecule has 0 aliphatic carbocycles. The monoisotopic (exact) mass is 326 g/mol. The summed E-state index contributed by atoms with van der Waals surface area (Å²) in [6.45, 7) is 3.50. The van der Waals surface area contributed by atoms with E-state index in [1.807, 2.05) is 17.4 Å². The minimum atomic E-state index is 0.290. The molecule has 0 radical (unpaired) electrons. The Morgan fingerprint density at radius 1 is 1.40 bits per heavy atom. The average molecular weight is 327 g/mol. The van der Waals surface area contributed by atoms with Crippen molar-refractivity contribution in [2.45, 2.75) is 12.5 Å². The highest BCUT2D eigenvalue weighted by Crippen LogP contribution is 2.33. The summed E-state index contributed by atoms with van der Waals surface area (Å²) in [5, 5.41) is 5.89. The lowest BCUT2D eigenvalue weighted by molar-refractivity contribution is 0.385. The summed E-state index contributed by atoms with van der Waals surface area (Å²) in [6, 6.07) is 8.75. The third-order valence-corrected chi connectivity index (χ3v) is 6.04. The number of nitrogens with zero attached hydrogens (tertiary/aromatic N) is 1. The molecule has 3 heterocycles. The Hall–Kier alpha value is -0.390. The van der Waals surface area contributed by atoms with Crippen molar-refractivity contribution >= 4 is 34.3 Å². The topological polar surface area (TPSA) is 15.3 Å². The molecule has 1 fully saturated rings. The molecule has 0 spiro atoms. The molecule has 2 unspecified atom stereocenters. The summed E-state index contributed by atoms with van der Waals surface area (Å²) in [5.74, 6) is 0.762. The lowest BCUT2D eigenvalue weighted by Gasteiger charge is -2.19. The molecule has 1 aliphatic rings. The number of hydrogen-bond acceptors (Lipinski definition) is 4. The summed E-state index contributed by atoms with van der Waals surface area (Å²) in [7, 11) is 2.20. The largest absolute Gasteiger partial charge is 0.306 e.